The molecular weight excluding hydrogens is 418 g/mol. The van der Waals surface area contributed by atoms with Crippen LogP contribution in [-0.2, 0) is 11.3 Å². The average molecular weight is 438 g/mol. The van der Waals surface area contributed by atoms with E-state index < -0.39 is 17.5 Å². The van der Waals surface area contributed by atoms with Crippen molar-refractivity contribution in [3.05, 3.63) is 66.8 Å². The maximum atomic E-state index is 13.7. The van der Waals surface area contributed by atoms with Gasteiger partial charge >= 0.3 is 0 Å². The first-order chi connectivity index (χ1) is 15.5. The van der Waals surface area contributed by atoms with Crippen LogP contribution in [-0.4, -0.2) is 32.3 Å². The van der Waals surface area contributed by atoms with Crippen molar-refractivity contribution in [2.45, 2.75) is 19.9 Å². The molecular formula is C22H20F2N6O2. The fraction of sp³-hybridized carbons (Fsp3) is 0.182. The number of rotatable bonds is 8. The SMILES string of the molecule is CCCOc1ccc2c(Nc3cnn(CC(=O)Nc4cccc(F)c4F)c3)ncnc2c1. The standard InChI is InChI=1S/C22H20F2N6O2/c1-2-8-32-15-6-7-16-19(9-15)25-13-26-22(16)28-14-10-27-30(11-14)12-20(31)29-18-5-3-4-17(23)21(18)24/h3-7,9-11,13H,2,8,12H2,1H3,(H,29,31)(H,25,26,28). The van der Waals surface area contributed by atoms with Crippen LogP contribution in [0.4, 0.5) is 26.0 Å². The minimum atomic E-state index is -1.11. The highest BCUT2D eigenvalue weighted by atomic mass is 19.2. The van der Waals surface area contributed by atoms with Gasteiger partial charge in [0.1, 0.15) is 24.4 Å². The second kappa shape index (κ2) is 9.38. The molecule has 0 bridgehead atoms. The number of hydrogen-bond donors (Lipinski definition) is 2. The highest BCUT2D eigenvalue weighted by Gasteiger charge is 2.12. The maximum Gasteiger partial charge on any atom is 0.246 e. The maximum absolute atomic E-state index is 13.7. The number of nitrogens with zero attached hydrogens (tertiary/aromatic N) is 4. The van der Waals surface area contributed by atoms with E-state index in [9.17, 15) is 13.6 Å². The van der Waals surface area contributed by atoms with Gasteiger partial charge in [-0.05, 0) is 30.7 Å². The molecule has 0 fully saturated rings. The molecule has 2 aromatic carbocycles. The van der Waals surface area contributed by atoms with Crippen LogP contribution in [0.25, 0.3) is 10.9 Å². The first-order valence-electron chi connectivity index (χ1n) is 9.94. The van der Waals surface area contributed by atoms with Gasteiger partial charge in [-0.3, -0.25) is 9.48 Å². The Morgan fingerprint density at radius 2 is 2.06 bits per heavy atom. The Morgan fingerprint density at radius 3 is 2.91 bits per heavy atom. The normalized spacial score (nSPS) is 10.8. The third-order valence-corrected chi connectivity index (χ3v) is 4.51. The molecule has 4 aromatic rings. The predicted molar refractivity (Wildman–Crippen MR) is 116 cm³/mol. The van der Waals surface area contributed by atoms with Gasteiger partial charge in [0, 0.05) is 17.6 Å². The van der Waals surface area contributed by atoms with Crippen molar-refractivity contribution in [1.29, 1.82) is 0 Å². The number of anilines is 3. The van der Waals surface area contributed by atoms with Crippen molar-refractivity contribution in [1.82, 2.24) is 19.7 Å². The largest absolute Gasteiger partial charge is 0.494 e. The summed E-state index contributed by atoms with van der Waals surface area (Å²) in [5.41, 5.74) is 1.09. The van der Waals surface area contributed by atoms with E-state index in [1.165, 1.54) is 29.3 Å². The molecule has 0 aliphatic heterocycles. The van der Waals surface area contributed by atoms with Crippen molar-refractivity contribution in [3.63, 3.8) is 0 Å². The summed E-state index contributed by atoms with van der Waals surface area (Å²) in [5.74, 6) is -1.38. The molecule has 0 saturated carbocycles. The van der Waals surface area contributed by atoms with E-state index in [2.05, 4.69) is 25.7 Å². The Labute approximate surface area is 182 Å². The second-order valence-electron chi connectivity index (χ2n) is 6.95. The van der Waals surface area contributed by atoms with Crippen LogP contribution in [0.15, 0.2) is 55.1 Å². The topological polar surface area (TPSA) is 94.0 Å². The van der Waals surface area contributed by atoms with Gasteiger partial charge in [-0.1, -0.05) is 13.0 Å². The van der Waals surface area contributed by atoms with Gasteiger partial charge in [0.2, 0.25) is 5.91 Å². The van der Waals surface area contributed by atoms with E-state index in [4.69, 9.17) is 4.74 Å². The van der Waals surface area contributed by atoms with Gasteiger partial charge in [-0.15, -0.1) is 0 Å². The van der Waals surface area contributed by atoms with E-state index >= 15 is 0 Å². The highest BCUT2D eigenvalue weighted by Crippen LogP contribution is 2.26. The van der Waals surface area contributed by atoms with Gasteiger partial charge in [0.15, 0.2) is 11.6 Å². The van der Waals surface area contributed by atoms with Crippen LogP contribution >= 0.6 is 0 Å². The lowest BCUT2D eigenvalue weighted by Gasteiger charge is -2.09. The minimum Gasteiger partial charge on any atom is -0.494 e. The van der Waals surface area contributed by atoms with Crippen LogP contribution in [0.2, 0.25) is 0 Å². The quantitative estimate of drug-likeness (QED) is 0.427. The van der Waals surface area contributed by atoms with Crippen LogP contribution in [0, 0.1) is 11.6 Å². The third kappa shape index (κ3) is 4.80. The van der Waals surface area contributed by atoms with Gasteiger partial charge in [-0.2, -0.15) is 5.10 Å². The summed E-state index contributed by atoms with van der Waals surface area (Å²) in [5, 5.41) is 10.4. The lowest BCUT2D eigenvalue weighted by molar-refractivity contribution is -0.116. The number of nitrogens with one attached hydrogen (secondary N) is 2. The summed E-state index contributed by atoms with van der Waals surface area (Å²) in [6.45, 7) is 2.48. The molecule has 2 N–H and O–H groups in total. The molecule has 0 spiro atoms. The number of ether oxygens (including phenoxy) is 1. The van der Waals surface area contributed by atoms with Crippen molar-refractivity contribution < 1.29 is 18.3 Å². The van der Waals surface area contributed by atoms with E-state index in [1.807, 2.05) is 25.1 Å². The van der Waals surface area contributed by atoms with Crippen LogP contribution in [0.1, 0.15) is 13.3 Å². The number of amides is 1. The Balaban J connectivity index is 1.44. The molecule has 0 aliphatic rings. The molecule has 0 atom stereocenters. The van der Waals surface area contributed by atoms with Gasteiger partial charge < -0.3 is 15.4 Å². The first-order valence-corrected chi connectivity index (χ1v) is 9.94. The van der Waals surface area contributed by atoms with E-state index in [-0.39, 0.29) is 12.2 Å². The summed E-state index contributed by atoms with van der Waals surface area (Å²) >= 11 is 0. The van der Waals surface area contributed by atoms with Gasteiger partial charge in [0.25, 0.3) is 0 Å². The number of aromatic nitrogens is 4. The molecule has 0 aliphatic carbocycles. The minimum absolute atomic E-state index is 0.180. The highest BCUT2D eigenvalue weighted by molar-refractivity contribution is 5.92. The van der Waals surface area contributed by atoms with E-state index in [0.29, 0.717) is 18.1 Å². The number of fused-ring (bicyclic) bond motifs is 1. The van der Waals surface area contributed by atoms with Crippen LogP contribution < -0.4 is 15.4 Å². The zero-order chi connectivity index (χ0) is 22.5. The van der Waals surface area contributed by atoms with E-state index in [1.54, 1.807) is 6.20 Å². The Hall–Kier alpha value is -4.08. The third-order valence-electron chi connectivity index (χ3n) is 4.51. The smallest absolute Gasteiger partial charge is 0.246 e. The number of hydrogen-bond acceptors (Lipinski definition) is 6. The van der Waals surface area contributed by atoms with Crippen LogP contribution in [0.3, 0.4) is 0 Å². The molecule has 0 unspecified atom stereocenters. The van der Waals surface area contributed by atoms with Gasteiger partial charge in [0.05, 0.1) is 29.7 Å². The second-order valence-corrected chi connectivity index (χ2v) is 6.95. The number of benzene rings is 2. The predicted octanol–water partition coefficient (Wildman–Crippen LogP) is 4.28. The molecule has 8 nitrogen and oxygen atoms in total. The molecule has 4 rings (SSSR count). The Bertz CT molecular complexity index is 1260. The molecule has 164 valence electrons. The van der Waals surface area contributed by atoms with Crippen molar-refractivity contribution in [2.24, 2.45) is 0 Å². The summed E-state index contributed by atoms with van der Waals surface area (Å²) in [7, 11) is 0. The Kier molecular flexibility index (Phi) is 6.20. The molecule has 2 aromatic heterocycles. The molecule has 10 heteroatoms. The molecule has 0 radical (unpaired) electrons. The fourth-order valence-electron chi connectivity index (χ4n) is 3.03. The zero-order valence-corrected chi connectivity index (χ0v) is 17.2. The van der Waals surface area contributed by atoms with Crippen molar-refractivity contribution in [2.75, 3.05) is 17.2 Å². The molecule has 2 heterocycles. The summed E-state index contributed by atoms with van der Waals surface area (Å²) in [4.78, 5) is 20.7. The Morgan fingerprint density at radius 1 is 1.19 bits per heavy atom. The number of carbonyl (C=O) groups is 1. The lowest BCUT2D eigenvalue weighted by atomic mass is 10.2. The molecule has 32 heavy (non-hydrogen) atoms. The van der Waals surface area contributed by atoms with Gasteiger partial charge in [-0.25, -0.2) is 18.7 Å². The fourth-order valence-corrected chi connectivity index (χ4v) is 3.03. The summed E-state index contributed by atoms with van der Waals surface area (Å²) in [6.07, 6.45) is 5.49. The van der Waals surface area contributed by atoms with E-state index in [0.717, 1.165) is 29.1 Å². The summed E-state index contributed by atoms with van der Waals surface area (Å²) < 4.78 is 34.0. The van der Waals surface area contributed by atoms with Crippen LogP contribution in [0.5, 0.6) is 5.75 Å². The summed E-state index contributed by atoms with van der Waals surface area (Å²) in [6, 6.07) is 9.14. The monoisotopic (exact) mass is 438 g/mol. The van der Waals surface area contributed by atoms with Crippen molar-refractivity contribution >= 4 is 34.0 Å². The molecule has 0 saturated heterocycles. The number of halogens is 2. The molecule has 1 amide bonds. The van der Waals surface area contributed by atoms with Crippen molar-refractivity contribution in [3.8, 4) is 5.75 Å². The average Bonchev–Trinajstić information content (AvgIpc) is 3.22. The first kappa shape index (κ1) is 21.2. The zero-order valence-electron chi connectivity index (χ0n) is 17.2. The number of carbonyl (C=O) groups excluding carboxylic acids is 1. The lowest BCUT2D eigenvalue weighted by Crippen LogP contribution is -2.19.